The fourth-order valence-electron chi connectivity index (χ4n) is 4.00. The van der Waals surface area contributed by atoms with E-state index in [0.717, 1.165) is 11.0 Å². The smallest absolute Gasteiger partial charge is 0.337 e. The summed E-state index contributed by atoms with van der Waals surface area (Å²) in [6.07, 6.45) is 2.75. The first kappa shape index (κ1) is 22.7. The summed E-state index contributed by atoms with van der Waals surface area (Å²) in [7, 11) is 1.51. The Kier molecular flexibility index (Phi) is 5.91. The van der Waals surface area contributed by atoms with E-state index in [1.54, 1.807) is 23.6 Å². The molecular formula is C24H21N3O7. The topological polar surface area (TPSA) is 138 Å². The molecule has 0 fully saturated rings. The number of aliphatic hydroxyl groups excluding tert-OH is 1. The van der Waals surface area contributed by atoms with Gasteiger partial charge in [0.2, 0.25) is 5.78 Å². The number of hydrogen-bond donors (Lipinski definition) is 3. The number of aromatic nitrogens is 1. The minimum absolute atomic E-state index is 0.0385. The van der Waals surface area contributed by atoms with Crippen LogP contribution in [0.5, 0.6) is 5.75 Å². The number of carboxylic acid groups (broad SMARTS) is 1. The summed E-state index contributed by atoms with van der Waals surface area (Å²) < 4.78 is 7.15. The average Bonchev–Trinajstić information content (AvgIpc) is 3.25. The molecule has 1 aromatic carbocycles. The fourth-order valence-corrected chi connectivity index (χ4v) is 4.00. The highest BCUT2D eigenvalue weighted by molar-refractivity contribution is 6.18. The van der Waals surface area contributed by atoms with Crippen molar-refractivity contribution in [3.05, 3.63) is 76.8 Å². The van der Waals surface area contributed by atoms with Crippen LogP contribution in [0.3, 0.4) is 0 Å². The van der Waals surface area contributed by atoms with Crippen LogP contribution < -0.4 is 10.1 Å². The van der Waals surface area contributed by atoms with Gasteiger partial charge in [-0.1, -0.05) is 6.07 Å². The number of aliphatic hydroxyl groups is 1. The predicted octanol–water partition coefficient (Wildman–Crippen LogP) is 1.84. The van der Waals surface area contributed by atoms with E-state index in [-0.39, 0.29) is 29.1 Å². The number of β-amino-alcohol motifs (C(OH)–C–C–N with tert-alkyl or cyclic N) is 1. The molecular weight excluding hydrogens is 442 g/mol. The Morgan fingerprint density at radius 1 is 1.15 bits per heavy atom. The van der Waals surface area contributed by atoms with E-state index in [2.05, 4.69) is 5.32 Å². The highest BCUT2D eigenvalue weighted by Gasteiger charge is 2.31. The van der Waals surface area contributed by atoms with Crippen LogP contribution in [0.25, 0.3) is 5.52 Å². The molecule has 3 heterocycles. The van der Waals surface area contributed by atoms with Crippen molar-refractivity contribution >= 4 is 34.8 Å². The van der Waals surface area contributed by atoms with Gasteiger partial charge in [-0.3, -0.25) is 19.3 Å². The summed E-state index contributed by atoms with van der Waals surface area (Å²) in [5.74, 6) is -2.48. The first-order valence-electron chi connectivity index (χ1n) is 10.3. The lowest BCUT2D eigenvalue weighted by atomic mass is 10.0. The molecule has 10 heteroatoms. The van der Waals surface area contributed by atoms with E-state index < -0.39 is 30.2 Å². The standard InChI is InChI=1S/C24H21N3O7/c1-13-20(26-8-4-3-5-18(26)22(13)34-2)21(30)14-6-7-16(15(11-14)24(32)33)25-17-12-19(29)27(9-10-28)23(17)31/h3-8,11-12,25,28H,9-10H2,1-2H3,(H,32,33). The molecule has 0 bridgehead atoms. The molecule has 174 valence electrons. The van der Waals surface area contributed by atoms with Crippen molar-refractivity contribution in [2.45, 2.75) is 6.92 Å². The lowest BCUT2D eigenvalue weighted by Crippen LogP contribution is -2.34. The number of pyridine rings is 1. The van der Waals surface area contributed by atoms with Crippen molar-refractivity contribution in [1.29, 1.82) is 0 Å². The van der Waals surface area contributed by atoms with Crippen molar-refractivity contribution < 1.29 is 34.1 Å². The van der Waals surface area contributed by atoms with E-state index >= 15 is 0 Å². The monoisotopic (exact) mass is 463 g/mol. The summed E-state index contributed by atoms with van der Waals surface area (Å²) in [4.78, 5) is 50.6. The zero-order chi connectivity index (χ0) is 24.6. The van der Waals surface area contributed by atoms with Gasteiger partial charge in [0.15, 0.2) is 0 Å². The molecule has 0 aliphatic carbocycles. The van der Waals surface area contributed by atoms with Gasteiger partial charge in [0, 0.05) is 23.4 Å². The van der Waals surface area contributed by atoms with Gasteiger partial charge in [-0.05, 0) is 37.3 Å². The molecule has 0 saturated carbocycles. The molecule has 0 unspecified atom stereocenters. The molecule has 3 aromatic rings. The molecule has 4 rings (SSSR count). The molecule has 0 spiro atoms. The van der Waals surface area contributed by atoms with Gasteiger partial charge in [0.1, 0.15) is 17.1 Å². The third kappa shape index (κ3) is 3.69. The van der Waals surface area contributed by atoms with Crippen LogP contribution in [0.4, 0.5) is 5.69 Å². The Balaban J connectivity index is 1.72. The Morgan fingerprint density at radius 2 is 1.91 bits per heavy atom. The second-order valence-corrected chi connectivity index (χ2v) is 7.56. The van der Waals surface area contributed by atoms with Crippen LogP contribution >= 0.6 is 0 Å². The van der Waals surface area contributed by atoms with E-state index in [9.17, 15) is 24.3 Å². The number of hydrogen-bond acceptors (Lipinski definition) is 7. The third-order valence-corrected chi connectivity index (χ3v) is 5.56. The first-order valence-corrected chi connectivity index (χ1v) is 10.3. The second kappa shape index (κ2) is 8.83. The lowest BCUT2D eigenvalue weighted by molar-refractivity contribution is -0.137. The molecule has 1 aliphatic rings. The SMILES string of the molecule is COc1c(C)c(C(=O)c2ccc(NC3=CC(=O)N(CCO)C3=O)c(C(=O)O)c2)n2ccccc12. The maximum atomic E-state index is 13.4. The number of aromatic carboxylic acids is 1. The lowest BCUT2D eigenvalue weighted by Gasteiger charge is -2.14. The number of ketones is 1. The van der Waals surface area contributed by atoms with Gasteiger partial charge >= 0.3 is 5.97 Å². The summed E-state index contributed by atoms with van der Waals surface area (Å²) in [6, 6.07) is 9.43. The number of anilines is 1. The number of amides is 2. The van der Waals surface area contributed by atoms with Crippen molar-refractivity contribution in [2.24, 2.45) is 0 Å². The summed E-state index contributed by atoms with van der Waals surface area (Å²) in [5, 5.41) is 21.4. The van der Waals surface area contributed by atoms with Crippen LogP contribution in [0.2, 0.25) is 0 Å². The molecule has 1 aliphatic heterocycles. The van der Waals surface area contributed by atoms with Gasteiger partial charge in [0.25, 0.3) is 11.8 Å². The molecule has 34 heavy (non-hydrogen) atoms. The number of benzene rings is 1. The Labute approximate surface area is 193 Å². The van der Waals surface area contributed by atoms with E-state index in [1.807, 2.05) is 12.1 Å². The molecule has 0 radical (unpaired) electrons. The van der Waals surface area contributed by atoms with Crippen LogP contribution in [0, 0.1) is 6.92 Å². The van der Waals surface area contributed by atoms with Gasteiger partial charge in [-0.2, -0.15) is 0 Å². The fraction of sp³-hybridized carbons (Fsp3) is 0.167. The zero-order valence-corrected chi connectivity index (χ0v) is 18.4. The Hall–Kier alpha value is -4.44. The summed E-state index contributed by atoms with van der Waals surface area (Å²) in [6.45, 7) is 1.18. The van der Waals surface area contributed by atoms with E-state index in [4.69, 9.17) is 9.84 Å². The third-order valence-electron chi connectivity index (χ3n) is 5.56. The molecule has 2 amide bonds. The van der Waals surface area contributed by atoms with Gasteiger partial charge in [-0.25, -0.2) is 4.79 Å². The number of rotatable bonds is 8. The number of carbonyl (C=O) groups excluding carboxylic acids is 3. The van der Waals surface area contributed by atoms with Crippen LogP contribution in [-0.4, -0.2) is 63.3 Å². The normalized spacial score (nSPS) is 13.4. The van der Waals surface area contributed by atoms with Gasteiger partial charge in [-0.15, -0.1) is 0 Å². The first-order chi connectivity index (χ1) is 16.3. The van der Waals surface area contributed by atoms with Crippen molar-refractivity contribution in [3.8, 4) is 5.75 Å². The highest BCUT2D eigenvalue weighted by atomic mass is 16.5. The number of methoxy groups -OCH3 is 1. The van der Waals surface area contributed by atoms with Crippen molar-refractivity contribution in [2.75, 3.05) is 25.6 Å². The molecule has 0 saturated heterocycles. The van der Waals surface area contributed by atoms with Crippen molar-refractivity contribution in [3.63, 3.8) is 0 Å². The summed E-state index contributed by atoms with van der Waals surface area (Å²) in [5.41, 5.74) is 1.44. The molecule has 10 nitrogen and oxygen atoms in total. The number of carboxylic acids is 1. The quantitative estimate of drug-likeness (QED) is 0.340. The van der Waals surface area contributed by atoms with Gasteiger partial charge in [0.05, 0.1) is 37.0 Å². The predicted molar refractivity (Wildman–Crippen MR) is 121 cm³/mol. The van der Waals surface area contributed by atoms with Crippen LogP contribution in [0.15, 0.2) is 54.4 Å². The largest absolute Gasteiger partial charge is 0.494 e. The van der Waals surface area contributed by atoms with E-state index in [0.29, 0.717) is 22.5 Å². The molecule has 0 atom stereocenters. The number of nitrogens with one attached hydrogen (secondary N) is 1. The Morgan fingerprint density at radius 3 is 2.59 bits per heavy atom. The number of nitrogens with zero attached hydrogens (tertiary/aromatic N) is 2. The Bertz CT molecular complexity index is 1390. The minimum Gasteiger partial charge on any atom is -0.494 e. The number of ether oxygens (including phenoxy) is 1. The number of imide groups is 1. The number of fused-ring (bicyclic) bond motifs is 1. The number of carbonyl (C=O) groups is 4. The molecule has 2 aromatic heterocycles. The molecule has 3 N–H and O–H groups in total. The van der Waals surface area contributed by atoms with Crippen molar-refractivity contribution in [1.82, 2.24) is 9.30 Å². The minimum atomic E-state index is -1.32. The van der Waals surface area contributed by atoms with Crippen LogP contribution in [0.1, 0.15) is 32.0 Å². The van der Waals surface area contributed by atoms with Gasteiger partial charge < -0.3 is 24.7 Å². The van der Waals surface area contributed by atoms with E-state index in [1.165, 1.54) is 25.3 Å². The van der Waals surface area contributed by atoms with Crippen LogP contribution in [-0.2, 0) is 9.59 Å². The maximum absolute atomic E-state index is 13.4. The average molecular weight is 463 g/mol. The summed E-state index contributed by atoms with van der Waals surface area (Å²) >= 11 is 0. The zero-order valence-electron chi connectivity index (χ0n) is 18.4. The highest BCUT2D eigenvalue weighted by Crippen LogP contribution is 2.32. The second-order valence-electron chi connectivity index (χ2n) is 7.56. The maximum Gasteiger partial charge on any atom is 0.337 e.